The SMILES string of the molecule is CCOc1cccc(NC(=O)N2c3ccccc3Sc3ccccc32)c1. The first-order valence-corrected chi connectivity index (χ1v) is 9.28. The van der Waals surface area contributed by atoms with Crippen LogP contribution in [0.25, 0.3) is 0 Å². The van der Waals surface area contributed by atoms with Gasteiger partial charge >= 0.3 is 6.03 Å². The zero-order valence-electron chi connectivity index (χ0n) is 14.3. The highest BCUT2D eigenvalue weighted by atomic mass is 32.2. The summed E-state index contributed by atoms with van der Waals surface area (Å²) in [6, 6.07) is 23.1. The van der Waals surface area contributed by atoms with E-state index in [-0.39, 0.29) is 6.03 Å². The highest BCUT2D eigenvalue weighted by Gasteiger charge is 2.27. The summed E-state index contributed by atoms with van der Waals surface area (Å²) in [5.74, 6) is 0.736. The fraction of sp³-hybridized carbons (Fsp3) is 0.0952. The van der Waals surface area contributed by atoms with Crippen molar-refractivity contribution in [1.29, 1.82) is 0 Å². The Balaban J connectivity index is 1.69. The Morgan fingerprint density at radius 3 is 2.27 bits per heavy atom. The van der Waals surface area contributed by atoms with Crippen LogP contribution in [0, 0.1) is 0 Å². The van der Waals surface area contributed by atoms with Crippen LogP contribution in [0.5, 0.6) is 5.75 Å². The summed E-state index contributed by atoms with van der Waals surface area (Å²) < 4.78 is 5.52. The Bertz CT molecular complexity index is 913. The number of hydrogen-bond acceptors (Lipinski definition) is 3. The fourth-order valence-corrected chi connectivity index (χ4v) is 3.99. The number of amides is 2. The molecule has 0 aliphatic carbocycles. The third-order valence-electron chi connectivity index (χ3n) is 4.03. The van der Waals surface area contributed by atoms with Gasteiger partial charge in [0.05, 0.1) is 18.0 Å². The molecule has 3 aromatic carbocycles. The standard InChI is InChI=1S/C21H18N2O2S/c1-2-25-16-9-7-8-15(14-16)22-21(24)23-17-10-3-5-12-19(17)26-20-13-6-4-11-18(20)23/h3-14H,2H2,1H3,(H,22,24). The van der Waals surface area contributed by atoms with Gasteiger partial charge in [0, 0.05) is 21.5 Å². The second-order valence-corrected chi connectivity index (χ2v) is 6.85. The third kappa shape index (κ3) is 3.13. The summed E-state index contributed by atoms with van der Waals surface area (Å²) in [6.07, 6.45) is 0. The number of benzene rings is 3. The van der Waals surface area contributed by atoms with Gasteiger partial charge in [-0.2, -0.15) is 0 Å². The van der Waals surface area contributed by atoms with Crippen LogP contribution in [0.1, 0.15) is 6.92 Å². The number of nitrogens with zero attached hydrogens (tertiary/aromatic N) is 1. The largest absolute Gasteiger partial charge is 0.494 e. The van der Waals surface area contributed by atoms with E-state index in [9.17, 15) is 4.79 Å². The van der Waals surface area contributed by atoms with E-state index in [0.29, 0.717) is 12.3 Å². The Kier molecular flexibility index (Phi) is 4.54. The Labute approximate surface area is 156 Å². The van der Waals surface area contributed by atoms with Gasteiger partial charge in [-0.15, -0.1) is 0 Å². The Hall–Kier alpha value is -2.92. The van der Waals surface area contributed by atoms with Gasteiger partial charge in [0.15, 0.2) is 0 Å². The molecule has 0 spiro atoms. The Morgan fingerprint density at radius 2 is 1.62 bits per heavy atom. The van der Waals surface area contributed by atoms with Crippen LogP contribution in [0.4, 0.5) is 21.9 Å². The molecule has 0 saturated carbocycles. The zero-order chi connectivity index (χ0) is 17.9. The molecule has 0 radical (unpaired) electrons. The number of ether oxygens (including phenoxy) is 1. The van der Waals surface area contributed by atoms with E-state index in [1.165, 1.54) is 0 Å². The molecule has 130 valence electrons. The maximum absolute atomic E-state index is 13.1. The second-order valence-electron chi connectivity index (χ2n) is 5.76. The number of hydrogen-bond donors (Lipinski definition) is 1. The summed E-state index contributed by atoms with van der Waals surface area (Å²) in [5, 5.41) is 2.99. The molecule has 2 amide bonds. The van der Waals surface area contributed by atoms with Gasteiger partial charge < -0.3 is 10.1 Å². The van der Waals surface area contributed by atoms with Crippen LogP contribution in [-0.2, 0) is 0 Å². The topological polar surface area (TPSA) is 41.6 Å². The highest BCUT2D eigenvalue weighted by molar-refractivity contribution is 7.99. The van der Waals surface area contributed by atoms with Crippen molar-refractivity contribution < 1.29 is 9.53 Å². The van der Waals surface area contributed by atoms with Crippen LogP contribution < -0.4 is 15.0 Å². The maximum Gasteiger partial charge on any atom is 0.331 e. The maximum atomic E-state index is 13.1. The zero-order valence-corrected chi connectivity index (χ0v) is 15.1. The van der Waals surface area contributed by atoms with Crippen molar-refractivity contribution in [1.82, 2.24) is 0 Å². The number of nitrogens with one attached hydrogen (secondary N) is 1. The number of fused-ring (bicyclic) bond motifs is 2. The highest BCUT2D eigenvalue weighted by Crippen LogP contribution is 2.48. The van der Waals surface area contributed by atoms with Gasteiger partial charge in [0.1, 0.15) is 5.75 Å². The van der Waals surface area contributed by atoms with Crippen LogP contribution in [0.15, 0.2) is 82.6 Å². The summed E-state index contributed by atoms with van der Waals surface area (Å²) in [5.41, 5.74) is 2.47. The van der Waals surface area contributed by atoms with E-state index in [4.69, 9.17) is 4.74 Å². The van der Waals surface area contributed by atoms with E-state index >= 15 is 0 Å². The van der Waals surface area contributed by atoms with Crippen molar-refractivity contribution in [3.63, 3.8) is 0 Å². The molecule has 0 saturated heterocycles. The number of rotatable bonds is 3. The van der Waals surface area contributed by atoms with E-state index in [1.807, 2.05) is 79.7 Å². The van der Waals surface area contributed by atoms with Gasteiger partial charge in [-0.1, -0.05) is 42.1 Å². The minimum Gasteiger partial charge on any atom is -0.494 e. The molecule has 4 nitrogen and oxygen atoms in total. The predicted molar refractivity (Wildman–Crippen MR) is 106 cm³/mol. The molecule has 0 unspecified atom stereocenters. The van der Waals surface area contributed by atoms with Crippen LogP contribution in [0.2, 0.25) is 0 Å². The summed E-state index contributed by atoms with van der Waals surface area (Å²) >= 11 is 1.68. The molecular formula is C21H18N2O2S. The first-order valence-electron chi connectivity index (χ1n) is 8.46. The summed E-state index contributed by atoms with van der Waals surface area (Å²) in [7, 11) is 0. The molecule has 0 bridgehead atoms. The van der Waals surface area contributed by atoms with Gasteiger partial charge in [-0.25, -0.2) is 4.79 Å². The molecule has 0 atom stereocenters. The molecule has 1 aliphatic rings. The van der Waals surface area contributed by atoms with Crippen molar-refractivity contribution >= 4 is 34.9 Å². The van der Waals surface area contributed by atoms with Crippen molar-refractivity contribution in [2.45, 2.75) is 16.7 Å². The molecule has 4 rings (SSSR count). The quantitative estimate of drug-likeness (QED) is 0.629. The van der Waals surface area contributed by atoms with E-state index in [0.717, 1.165) is 26.9 Å². The predicted octanol–water partition coefficient (Wildman–Crippen LogP) is 5.92. The molecule has 0 aromatic heterocycles. The molecule has 1 aliphatic heterocycles. The third-order valence-corrected chi connectivity index (χ3v) is 5.16. The first-order chi connectivity index (χ1) is 12.8. The van der Waals surface area contributed by atoms with Crippen molar-refractivity contribution in [3.8, 4) is 5.75 Å². The van der Waals surface area contributed by atoms with Crippen LogP contribution >= 0.6 is 11.8 Å². The lowest BCUT2D eigenvalue weighted by molar-refractivity contribution is 0.259. The minimum absolute atomic E-state index is 0.196. The van der Waals surface area contributed by atoms with Crippen molar-refractivity contribution in [3.05, 3.63) is 72.8 Å². The van der Waals surface area contributed by atoms with E-state index in [2.05, 4.69) is 5.32 Å². The average Bonchev–Trinajstić information content (AvgIpc) is 2.66. The Morgan fingerprint density at radius 1 is 0.962 bits per heavy atom. The van der Waals surface area contributed by atoms with Crippen LogP contribution in [0.3, 0.4) is 0 Å². The van der Waals surface area contributed by atoms with Gasteiger partial charge in [0.25, 0.3) is 0 Å². The summed E-state index contributed by atoms with van der Waals surface area (Å²) in [6.45, 7) is 2.52. The average molecular weight is 362 g/mol. The number of para-hydroxylation sites is 2. The van der Waals surface area contributed by atoms with Gasteiger partial charge in [0.2, 0.25) is 0 Å². The molecule has 1 N–H and O–H groups in total. The first kappa shape index (κ1) is 16.5. The number of anilines is 3. The molecule has 5 heteroatoms. The second kappa shape index (κ2) is 7.14. The smallest absolute Gasteiger partial charge is 0.331 e. The monoisotopic (exact) mass is 362 g/mol. The van der Waals surface area contributed by atoms with Gasteiger partial charge in [-0.05, 0) is 43.3 Å². The lowest BCUT2D eigenvalue weighted by atomic mass is 10.2. The van der Waals surface area contributed by atoms with Gasteiger partial charge in [-0.3, -0.25) is 4.90 Å². The lowest BCUT2D eigenvalue weighted by Gasteiger charge is -2.31. The molecular weight excluding hydrogens is 344 g/mol. The summed E-state index contributed by atoms with van der Waals surface area (Å²) in [4.78, 5) is 17.0. The molecule has 0 fully saturated rings. The van der Waals surface area contributed by atoms with E-state index in [1.54, 1.807) is 16.7 Å². The van der Waals surface area contributed by atoms with Crippen molar-refractivity contribution in [2.24, 2.45) is 0 Å². The molecule has 1 heterocycles. The number of carbonyl (C=O) groups is 1. The normalized spacial score (nSPS) is 12.1. The fourth-order valence-electron chi connectivity index (χ4n) is 2.93. The number of urea groups is 1. The lowest BCUT2D eigenvalue weighted by Crippen LogP contribution is -2.32. The van der Waals surface area contributed by atoms with Crippen molar-refractivity contribution in [2.75, 3.05) is 16.8 Å². The van der Waals surface area contributed by atoms with E-state index < -0.39 is 0 Å². The molecule has 3 aromatic rings. The van der Waals surface area contributed by atoms with Crippen LogP contribution in [-0.4, -0.2) is 12.6 Å². The minimum atomic E-state index is -0.196. The molecule has 26 heavy (non-hydrogen) atoms. The number of carbonyl (C=O) groups excluding carboxylic acids is 1.